The van der Waals surface area contributed by atoms with Gasteiger partial charge in [-0.05, 0) is 30.5 Å². The second-order valence-electron chi connectivity index (χ2n) is 4.37. The van der Waals surface area contributed by atoms with Crippen LogP contribution in [0.5, 0.6) is 0 Å². The van der Waals surface area contributed by atoms with Crippen molar-refractivity contribution in [1.82, 2.24) is 0 Å². The molecular weight excluding hydrogens is 353 g/mol. The molecular formula is C14H24IN3O. The third-order valence-electron chi connectivity index (χ3n) is 2.55. The minimum Gasteiger partial charge on any atom is -0.380 e. The fourth-order valence-electron chi connectivity index (χ4n) is 1.54. The summed E-state index contributed by atoms with van der Waals surface area (Å²) >= 11 is 0. The van der Waals surface area contributed by atoms with Gasteiger partial charge in [0.25, 0.3) is 0 Å². The fraction of sp³-hybridized carbons (Fsp3) is 0.500. The standard InChI is InChI=1S/C14H23N3O.HI/c1-4-18-9-8-16-14(15)17-13-7-5-6-12(10-13)11(2)3;/h5-7,10-11H,4,8-9H2,1-3H3,(H3,15,16,17);1H. The summed E-state index contributed by atoms with van der Waals surface area (Å²) in [6.07, 6.45) is 0. The van der Waals surface area contributed by atoms with Crippen LogP contribution in [0.4, 0.5) is 5.69 Å². The van der Waals surface area contributed by atoms with E-state index in [9.17, 15) is 0 Å². The first-order valence-electron chi connectivity index (χ1n) is 6.38. The first kappa shape index (κ1) is 18.2. The zero-order chi connectivity index (χ0) is 13.4. The van der Waals surface area contributed by atoms with Gasteiger partial charge < -0.3 is 15.8 Å². The highest BCUT2D eigenvalue weighted by atomic mass is 127. The molecule has 0 radical (unpaired) electrons. The van der Waals surface area contributed by atoms with E-state index in [4.69, 9.17) is 10.5 Å². The smallest absolute Gasteiger partial charge is 0.193 e. The maximum absolute atomic E-state index is 5.80. The number of nitrogens with two attached hydrogens (primary N) is 1. The van der Waals surface area contributed by atoms with E-state index in [1.807, 2.05) is 19.1 Å². The molecule has 0 saturated heterocycles. The van der Waals surface area contributed by atoms with E-state index in [2.05, 4.69) is 36.3 Å². The molecule has 108 valence electrons. The molecule has 4 nitrogen and oxygen atoms in total. The minimum atomic E-state index is 0. The van der Waals surface area contributed by atoms with Crippen LogP contribution in [-0.2, 0) is 4.74 Å². The van der Waals surface area contributed by atoms with Gasteiger partial charge in [-0.15, -0.1) is 24.0 Å². The Morgan fingerprint density at radius 1 is 1.42 bits per heavy atom. The zero-order valence-corrected chi connectivity index (χ0v) is 14.2. The van der Waals surface area contributed by atoms with Crippen LogP contribution in [0.15, 0.2) is 29.3 Å². The summed E-state index contributed by atoms with van der Waals surface area (Å²) in [5.74, 6) is 0.929. The summed E-state index contributed by atoms with van der Waals surface area (Å²) in [5, 5.41) is 3.09. The predicted octanol–water partition coefficient (Wildman–Crippen LogP) is 3.19. The number of ether oxygens (including phenoxy) is 1. The van der Waals surface area contributed by atoms with Gasteiger partial charge in [0.05, 0.1) is 13.2 Å². The molecule has 1 aromatic carbocycles. The number of anilines is 1. The van der Waals surface area contributed by atoms with Gasteiger partial charge in [-0.25, -0.2) is 0 Å². The molecule has 1 aromatic rings. The average Bonchev–Trinajstić information content (AvgIpc) is 2.35. The lowest BCUT2D eigenvalue weighted by Crippen LogP contribution is -2.23. The van der Waals surface area contributed by atoms with Crippen LogP contribution >= 0.6 is 24.0 Å². The zero-order valence-electron chi connectivity index (χ0n) is 11.8. The highest BCUT2D eigenvalue weighted by Gasteiger charge is 2.00. The topological polar surface area (TPSA) is 59.6 Å². The molecule has 5 heteroatoms. The molecule has 1 rings (SSSR count). The number of nitrogens with zero attached hydrogens (tertiary/aromatic N) is 1. The Labute approximate surface area is 132 Å². The first-order valence-corrected chi connectivity index (χ1v) is 6.38. The monoisotopic (exact) mass is 377 g/mol. The Bertz CT molecular complexity index is 394. The average molecular weight is 377 g/mol. The number of aliphatic imine (C=N–C) groups is 1. The van der Waals surface area contributed by atoms with Gasteiger partial charge >= 0.3 is 0 Å². The molecule has 0 bridgehead atoms. The minimum absolute atomic E-state index is 0. The van der Waals surface area contributed by atoms with Gasteiger partial charge in [-0.3, -0.25) is 4.99 Å². The van der Waals surface area contributed by atoms with Crippen LogP contribution in [0.3, 0.4) is 0 Å². The van der Waals surface area contributed by atoms with E-state index in [1.165, 1.54) is 5.56 Å². The Balaban J connectivity index is 0.00000324. The number of hydrogen-bond donors (Lipinski definition) is 2. The van der Waals surface area contributed by atoms with Crippen molar-refractivity contribution < 1.29 is 4.74 Å². The van der Waals surface area contributed by atoms with Crippen molar-refractivity contribution in [3.63, 3.8) is 0 Å². The van der Waals surface area contributed by atoms with E-state index in [1.54, 1.807) is 0 Å². The lowest BCUT2D eigenvalue weighted by molar-refractivity contribution is 0.156. The van der Waals surface area contributed by atoms with E-state index in [0.29, 0.717) is 31.6 Å². The summed E-state index contributed by atoms with van der Waals surface area (Å²) in [7, 11) is 0. The quantitative estimate of drug-likeness (QED) is 0.347. The van der Waals surface area contributed by atoms with Crippen molar-refractivity contribution in [1.29, 1.82) is 0 Å². The highest BCUT2D eigenvalue weighted by Crippen LogP contribution is 2.18. The van der Waals surface area contributed by atoms with Gasteiger partial charge in [0.2, 0.25) is 0 Å². The van der Waals surface area contributed by atoms with Crippen molar-refractivity contribution in [3.05, 3.63) is 29.8 Å². The summed E-state index contributed by atoms with van der Waals surface area (Å²) in [6, 6.07) is 8.20. The number of nitrogens with one attached hydrogen (secondary N) is 1. The second kappa shape index (κ2) is 10.0. The van der Waals surface area contributed by atoms with E-state index >= 15 is 0 Å². The van der Waals surface area contributed by atoms with Crippen LogP contribution < -0.4 is 11.1 Å². The molecule has 0 amide bonds. The molecule has 0 aromatic heterocycles. The van der Waals surface area contributed by atoms with Crippen LogP contribution in [0.1, 0.15) is 32.3 Å². The molecule has 0 saturated carbocycles. The molecule has 0 aliphatic rings. The summed E-state index contributed by atoms with van der Waals surface area (Å²) in [5.41, 5.74) is 8.05. The number of halogens is 1. The Kier molecular flexibility index (Phi) is 9.59. The van der Waals surface area contributed by atoms with Crippen LogP contribution in [0.2, 0.25) is 0 Å². The van der Waals surface area contributed by atoms with E-state index < -0.39 is 0 Å². The van der Waals surface area contributed by atoms with Crippen molar-refractivity contribution in [2.45, 2.75) is 26.7 Å². The first-order chi connectivity index (χ1) is 8.63. The number of hydrogen-bond acceptors (Lipinski definition) is 2. The van der Waals surface area contributed by atoms with Crippen molar-refractivity contribution in [2.24, 2.45) is 10.7 Å². The van der Waals surface area contributed by atoms with Crippen LogP contribution in [0, 0.1) is 0 Å². The third-order valence-corrected chi connectivity index (χ3v) is 2.55. The molecule has 0 spiro atoms. The largest absolute Gasteiger partial charge is 0.380 e. The summed E-state index contributed by atoms with van der Waals surface area (Å²) < 4.78 is 5.19. The Morgan fingerprint density at radius 2 is 2.16 bits per heavy atom. The molecule has 0 aliphatic carbocycles. The number of guanidine groups is 1. The summed E-state index contributed by atoms with van der Waals surface area (Å²) in [6.45, 7) is 8.18. The molecule has 0 unspecified atom stereocenters. The number of benzene rings is 1. The second-order valence-corrected chi connectivity index (χ2v) is 4.37. The molecule has 0 atom stereocenters. The van der Waals surface area contributed by atoms with E-state index in [-0.39, 0.29) is 24.0 Å². The van der Waals surface area contributed by atoms with Crippen molar-refractivity contribution >= 4 is 35.6 Å². The third kappa shape index (κ3) is 7.37. The summed E-state index contributed by atoms with van der Waals surface area (Å²) in [4.78, 5) is 4.19. The predicted molar refractivity (Wildman–Crippen MR) is 92.6 cm³/mol. The van der Waals surface area contributed by atoms with Gasteiger partial charge in [0.1, 0.15) is 0 Å². The maximum Gasteiger partial charge on any atom is 0.193 e. The van der Waals surface area contributed by atoms with Gasteiger partial charge in [-0.1, -0.05) is 26.0 Å². The van der Waals surface area contributed by atoms with Crippen LogP contribution in [-0.4, -0.2) is 25.7 Å². The lowest BCUT2D eigenvalue weighted by atomic mass is 10.0. The Morgan fingerprint density at radius 3 is 2.79 bits per heavy atom. The lowest BCUT2D eigenvalue weighted by Gasteiger charge is -2.09. The maximum atomic E-state index is 5.80. The Hall–Kier alpha value is -0.820. The normalized spacial score (nSPS) is 11.3. The molecule has 0 heterocycles. The van der Waals surface area contributed by atoms with Crippen molar-refractivity contribution in [2.75, 3.05) is 25.1 Å². The highest BCUT2D eigenvalue weighted by molar-refractivity contribution is 14.0. The molecule has 0 aliphatic heterocycles. The van der Waals surface area contributed by atoms with Gasteiger partial charge in [0.15, 0.2) is 5.96 Å². The number of rotatable bonds is 6. The fourth-order valence-corrected chi connectivity index (χ4v) is 1.54. The molecule has 0 fully saturated rings. The van der Waals surface area contributed by atoms with Crippen molar-refractivity contribution in [3.8, 4) is 0 Å². The van der Waals surface area contributed by atoms with Gasteiger partial charge in [-0.2, -0.15) is 0 Å². The molecule has 19 heavy (non-hydrogen) atoms. The van der Waals surface area contributed by atoms with Gasteiger partial charge in [0, 0.05) is 12.3 Å². The van der Waals surface area contributed by atoms with Crippen LogP contribution in [0.25, 0.3) is 0 Å². The molecule has 3 N–H and O–H groups in total. The van der Waals surface area contributed by atoms with E-state index in [0.717, 1.165) is 5.69 Å². The SMILES string of the molecule is CCOCCN=C(N)Nc1cccc(C(C)C)c1.I.